The fourth-order valence-corrected chi connectivity index (χ4v) is 3.06. The second kappa shape index (κ2) is 5.24. The Bertz CT molecular complexity index is 794. The van der Waals surface area contributed by atoms with Gasteiger partial charge in [0.25, 0.3) is 15.2 Å². The zero-order valence-corrected chi connectivity index (χ0v) is 14.0. The van der Waals surface area contributed by atoms with E-state index in [1.165, 1.54) is 4.57 Å². The van der Waals surface area contributed by atoms with Gasteiger partial charge in [0.1, 0.15) is 0 Å². The highest BCUT2D eigenvalue weighted by Crippen LogP contribution is 2.35. The monoisotopic (exact) mass is 348 g/mol. The van der Waals surface area contributed by atoms with E-state index >= 15 is 0 Å². The molecule has 0 unspecified atom stereocenters. The van der Waals surface area contributed by atoms with Crippen LogP contribution in [0.4, 0.5) is 0 Å². The molecule has 2 rings (SSSR count). The van der Waals surface area contributed by atoms with Gasteiger partial charge in [-0.25, -0.2) is 13.6 Å². The number of aromatic nitrogens is 3. The van der Waals surface area contributed by atoms with Gasteiger partial charge in [-0.2, -0.15) is 0 Å². The Hall–Kier alpha value is -1.15. The number of halogens is 2. The Kier molecular flexibility index (Phi) is 4.05. The van der Waals surface area contributed by atoms with E-state index < -0.39 is 15.6 Å². The maximum atomic E-state index is 11.7. The molecule has 0 spiro atoms. The van der Waals surface area contributed by atoms with Gasteiger partial charge in [0.2, 0.25) is 0 Å². The lowest BCUT2D eigenvalue weighted by atomic mass is 10.1. The zero-order valence-electron chi connectivity index (χ0n) is 11.6. The van der Waals surface area contributed by atoms with Gasteiger partial charge in [0, 0.05) is 11.1 Å². The SMILES string of the molecule is CC(C)(C)n1c(-c2cccc(Cl)c2Cl)nnc1S(N)(=O)=O. The van der Waals surface area contributed by atoms with Crippen molar-refractivity contribution in [3.63, 3.8) is 0 Å². The summed E-state index contributed by atoms with van der Waals surface area (Å²) in [6.45, 7) is 5.44. The highest BCUT2D eigenvalue weighted by atomic mass is 35.5. The standard InChI is InChI=1S/C12H14Cl2N4O2S/c1-12(2,3)18-10(16-17-11(18)21(15,19)20)7-5-4-6-8(13)9(7)14/h4-6H,1-3H3,(H2,15,19,20). The first-order valence-electron chi connectivity index (χ1n) is 5.96. The summed E-state index contributed by atoms with van der Waals surface area (Å²) in [5.74, 6) is 0.291. The number of nitrogens with two attached hydrogens (primary N) is 1. The molecule has 0 radical (unpaired) electrons. The molecule has 0 amide bonds. The van der Waals surface area contributed by atoms with Crippen LogP contribution in [0.3, 0.4) is 0 Å². The quantitative estimate of drug-likeness (QED) is 0.902. The van der Waals surface area contributed by atoms with Crippen molar-refractivity contribution in [2.75, 3.05) is 0 Å². The molecule has 21 heavy (non-hydrogen) atoms. The molecule has 0 aliphatic rings. The van der Waals surface area contributed by atoms with E-state index in [2.05, 4.69) is 10.2 Å². The fraction of sp³-hybridized carbons (Fsp3) is 0.333. The van der Waals surface area contributed by atoms with Crippen molar-refractivity contribution >= 4 is 33.2 Å². The predicted octanol–water partition coefficient (Wildman–Crippen LogP) is 2.65. The number of benzene rings is 1. The second-order valence-corrected chi connectivity index (χ2v) is 7.70. The van der Waals surface area contributed by atoms with Gasteiger partial charge in [0.15, 0.2) is 5.82 Å². The normalized spacial score (nSPS) is 12.7. The molecule has 114 valence electrons. The lowest BCUT2D eigenvalue weighted by Gasteiger charge is -2.24. The Morgan fingerprint density at radius 3 is 2.33 bits per heavy atom. The molecule has 0 atom stereocenters. The van der Waals surface area contributed by atoms with Crippen LogP contribution in [0.25, 0.3) is 11.4 Å². The summed E-state index contributed by atoms with van der Waals surface area (Å²) in [6.07, 6.45) is 0. The van der Waals surface area contributed by atoms with Crippen LogP contribution in [0.5, 0.6) is 0 Å². The molecular weight excluding hydrogens is 335 g/mol. The van der Waals surface area contributed by atoms with E-state index in [9.17, 15) is 8.42 Å². The summed E-state index contributed by atoms with van der Waals surface area (Å²) < 4.78 is 24.8. The Labute approximate surface area is 132 Å². The first-order valence-corrected chi connectivity index (χ1v) is 8.27. The van der Waals surface area contributed by atoms with Crippen LogP contribution in [-0.2, 0) is 15.6 Å². The number of primary sulfonamides is 1. The van der Waals surface area contributed by atoms with Crippen LogP contribution in [0.15, 0.2) is 23.4 Å². The second-order valence-electron chi connectivity index (χ2n) is 5.46. The largest absolute Gasteiger partial charge is 0.291 e. The summed E-state index contributed by atoms with van der Waals surface area (Å²) in [5.41, 5.74) is -0.131. The van der Waals surface area contributed by atoms with Crippen molar-refractivity contribution in [1.82, 2.24) is 14.8 Å². The van der Waals surface area contributed by atoms with Gasteiger partial charge >= 0.3 is 0 Å². The van der Waals surface area contributed by atoms with Crippen molar-refractivity contribution < 1.29 is 8.42 Å². The van der Waals surface area contributed by atoms with E-state index in [0.717, 1.165) is 0 Å². The Balaban J connectivity index is 2.83. The molecule has 9 heteroatoms. The highest BCUT2D eigenvalue weighted by Gasteiger charge is 2.30. The minimum Gasteiger partial charge on any atom is -0.291 e. The molecule has 1 aromatic heterocycles. The molecular formula is C12H14Cl2N4O2S. The molecule has 0 fully saturated rings. The topological polar surface area (TPSA) is 90.9 Å². The molecule has 1 heterocycles. The molecule has 0 saturated heterocycles. The van der Waals surface area contributed by atoms with E-state index in [1.54, 1.807) is 18.2 Å². The molecule has 1 aromatic carbocycles. The first-order chi connectivity index (χ1) is 9.53. The minimum absolute atomic E-state index is 0.276. The molecule has 0 saturated carbocycles. The highest BCUT2D eigenvalue weighted by molar-refractivity contribution is 7.89. The number of nitrogens with zero attached hydrogens (tertiary/aromatic N) is 3. The van der Waals surface area contributed by atoms with Crippen molar-refractivity contribution in [3.05, 3.63) is 28.2 Å². The van der Waals surface area contributed by atoms with Crippen LogP contribution in [0, 0.1) is 0 Å². The maximum Gasteiger partial charge on any atom is 0.273 e. The third-order valence-electron chi connectivity index (χ3n) is 2.75. The van der Waals surface area contributed by atoms with E-state index in [1.807, 2.05) is 20.8 Å². The molecule has 6 nitrogen and oxygen atoms in total. The van der Waals surface area contributed by atoms with E-state index in [4.69, 9.17) is 28.3 Å². The lowest BCUT2D eigenvalue weighted by Crippen LogP contribution is -2.29. The molecule has 2 aromatic rings. The van der Waals surface area contributed by atoms with Crippen LogP contribution in [0.1, 0.15) is 20.8 Å². The number of rotatable bonds is 2. The van der Waals surface area contributed by atoms with E-state index in [-0.39, 0.29) is 10.2 Å². The van der Waals surface area contributed by atoms with Crippen LogP contribution in [-0.4, -0.2) is 23.2 Å². The van der Waals surface area contributed by atoms with Gasteiger partial charge in [-0.1, -0.05) is 29.3 Å². The van der Waals surface area contributed by atoms with Gasteiger partial charge in [0.05, 0.1) is 10.0 Å². The summed E-state index contributed by atoms with van der Waals surface area (Å²) in [7, 11) is -4.01. The molecule has 0 aliphatic heterocycles. The fourth-order valence-electron chi connectivity index (χ4n) is 1.91. The number of sulfonamides is 1. The summed E-state index contributed by atoms with van der Waals surface area (Å²) in [5, 5.41) is 13.1. The molecule has 2 N–H and O–H groups in total. The summed E-state index contributed by atoms with van der Waals surface area (Å²) in [6, 6.07) is 5.01. The van der Waals surface area contributed by atoms with Crippen molar-refractivity contribution in [1.29, 1.82) is 0 Å². The number of hydrogen-bond acceptors (Lipinski definition) is 4. The van der Waals surface area contributed by atoms with Crippen molar-refractivity contribution in [2.24, 2.45) is 5.14 Å². The molecule has 0 aliphatic carbocycles. The Morgan fingerprint density at radius 1 is 1.19 bits per heavy atom. The van der Waals surface area contributed by atoms with Crippen molar-refractivity contribution in [3.8, 4) is 11.4 Å². The van der Waals surface area contributed by atoms with Crippen LogP contribution < -0.4 is 5.14 Å². The van der Waals surface area contributed by atoms with Gasteiger partial charge in [-0.15, -0.1) is 10.2 Å². The van der Waals surface area contributed by atoms with Gasteiger partial charge in [-0.05, 0) is 32.9 Å². The molecule has 0 bridgehead atoms. The lowest BCUT2D eigenvalue weighted by molar-refractivity contribution is 0.366. The summed E-state index contributed by atoms with van der Waals surface area (Å²) >= 11 is 12.2. The first kappa shape index (κ1) is 16.2. The number of hydrogen-bond donors (Lipinski definition) is 1. The minimum atomic E-state index is -4.01. The average Bonchev–Trinajstić information content (AvgIpc) is 2.76. The smallest absolute Gasteiger partial charge is 0.273 e. The zero-order chi connectivity index (χ0) is 16.0. The predicted molar refractivity (Wildman–Crippen MR) is 81.8 cm³/mol. The van der Waals surface area contributed by atoms with Crippen LogP contribution >= 0.6 is 23.2 Å². The van der Waals surface area contributed by atoms with Crippen molar-refractivity contribution in [2.45, 2.75) is 31.5 Å². The van der Waals surface area contributed by atoms with Gasteiger partial charge in [-0.3, -0.25) is 4.57 Å². The third-order valence-corrected chi connectivity index (χ3v) is 4.34. The summed E-state index contributed by atoms with van der Waals surface area (Å²) in [4.78, 5) is 0. The third kappa shape index (κ3) is 3.06. The Morgan fingerprint density at radius 2 is 1.81 bits per heavy atom. The van der Waals surface area contributed by atoms with E-state index in [0.29, 0.717) is 16.4 Å². The average molecular weight is 349 g/mol. The van der Waals surface area contributed by atoms with Crippen LogP contribution in [0.2, 0.25) is 10.0 Å². The van der Waals surface area contributed by atoms with Gasteiger partial charge < -0.3 is 0 Å². The maximum absolute atomic E-state index is 11.7.